The van der Waals surface area contributed by atoms with Crippen LogP contribution in [0.15, 0.2) is 0 Å². The van der Waals surface area contributed by atoms with Crippen molar-refractivity contribution in [2.75, 3.05) is 26.3 Å². The predicted octanol–water partition coefficient (Wildman–Crippen LogP) is 1.38. The summed E-state index contributed by atoms with van der Waals surface area (Å²) >= 11 is 0. The van der Waals surface area contributed by atoms with E-state index in [0.29, 0.717) is 42.8 Å². The number of carbonyl (C=O) groups excluding carboxylic acids is 1. The van der Waals surface area contributed by atoms with Gasteiger partial charge in [0.1, 0.15) is 0 Å². The van der Waals surface area contributed by atoms with Crippen molar-refractivity contribution in [1.29, 1.82) is 0 Å². The standard InChI is InChI=1S/C12H21NO2/c1-8(2)10-9(3)11(10)12(14)13-4-6-15-7-5-13/h8-11H,4-7H2,1-3H3. The fourth-order valence-electron chi connectivity index (χ4n) is 2.90. The third-order valence-electron chi connectivity index (χ3n) is 3.83. The third kappa shape index (κ3) is 2.03. The molecule has 1 saturated heterocycles. The molecule has 3 nitrogen and oxygen atoms in total. The van der Waals surface area contributed by atoms with Crippen LogP contribution in [0.2, 0.25) is 0 Å². The number of hydrogen-bond acceptors (Lipinski definition) is 2. The molecule has 2 fully saturated rings. The molecule has 0 bridgehead atoms. The van der Waals surface area contributed by atoms with Crippen LogP contribution in [0.4, 0.5) is 0 Å². The first-order valence-electron chi connectivity index (χ1n) is 5.99. The summed E-state index contributed by atoms with van der Waals surface area (Å²) in [6.45, 7) is 9.62. The van der Waals surface area contributed by atoms with Crippen molar-refractivity contribution in [2.45, 2.75) is 20.8 Å². The van der Waals surface area contributed by atoms with E-state index in [2.05, 4.69) is 20.8 Å². The van der Waals surface area contributed by atoms with Crippen molar-refractivity contribution >= 4 is 5.91 Å². The summed E-state index contributed by atoms with van der Waals surface area (Å²) in [4.78, 5) is 14.1. The summed E-state index contributed by atoms with van der Waals surface area (Å²) in [6, 6.07) is 0. The lowest BCUT2D eigenvalue weighted by Crippen LogP contribution is -2.42. The zero-order valence-electron chi connectivity index (χ0n) is 9.90. The van der Waals surface area contributed by atoms with E-state index >= 15 is 0 Å². The summed E-state index contributed by atoms with van der Waals surface area (Å²) in [5, 5.41) is 0. The molecule has 0 spiro atoms. The number of amides is 1. The predicted molar refractivity (Wildman–Crippen MR) is 58.4 cm³/mol. The Balaban J connectivity index is 1.91. The Morgan fingerprint density at radius 1 is 1.33 bits per heavy atom. The van der Waals surface area contributed by atoms with Crippen LogP contribution in [0.5, 0.6) is 0 Å². The van der Waals surface area contributed by atoms with E-state index in [0.717, 1.165) is 13.1 Å². The average Bonchev–Trinajstić information content (AvgIpc) is 2.90. The van der Waals surface area contributed by atoms with Gasteiger partial charge >= 0.3 is 0 Å². The summed E-state index contributed by atoms with van der Waals surface area (Å²) in [5.41, 5.74) is 0. The number of rotatable bonds is 2. The smallest absolute Gasteiger partial charge is 0.226 e. The molecule has 0 aromatic rings. The van der Waals surface area contributed by atoms with Gasteiger partial charge in [-0.2, -0.15) is 0 Å². The normalized spacial score (nSPS) is 35.7. The van der Waals surface area contributed by atoms with Gasteiger partial charge in [0.25, 0.3) is 0 Å². The van der Waals surface area contributed by atoms with Crippen LogP contribution in [0.25, 0.3) is 0 Å². The third-order valence-corrected chi connectivity index (χ3v) is 3.83. The van der Waals surface area contributed by atoms with Crippen molar-refractivity contribution in [1.82, 2.24) is 4.90 Å². The van der Waals surface area contributed by atoms with E-state index in [1.807, 2.05) is 4.90 Å². The number of nitrogens with zero attached hydrogens (tertiary/aromatic N) is 1. The maximum Gasteiger partial charge on any atom is 0.226 e. The second-order valence-corrected chi connectivity index (χ2v) is 5.14. The molecule has 15 heavy (non-hydrogen) atoms. The number of ether oxygens (including phenoxy) is 1. The lowest BCUT2D eigenvalue weighted by Gasteiger charge is -2.27. The minimum Gasteiger partial charge on any atom is -0.378 e. The number of carbonyl (C=O) groups is 1. The van der Waals surface area contributed by atoms with Crippen molar-refractivity contribution in [3.63, 3.8) is 0 Å². The van der Waals surface area contributed by atoms with E-state index in [4.69, 9.17) is 4.74 Å². The summed E-state index contributed by atoms with van der Waals surface area (Å²) < 4.78 is 5.26. The number of hydrogen-bond donors (Lipinski definition) is 0. The Kier molecular flexibility index (Phi) is 3.01. The van der Waals surface area contributed by atoms with Crippen LogP contribution >= 0.6 is 0 Å². The molecule has 0 aromatic heterocycles. The van der Waals surface area contributed by atoms with Gasteiger partial charge in [0, 0.05) is 19.0 Å². The first-order chi connectivity index (χ1) is 7.13. The van der Waals surface area contributed by atoms with Crippen molar-refractivity contribution in [2.24, 2.45) is 23.7 Å². The summed E-state index contributed by atoms with van der Waals surface area (Å²) in [6.07, 6.45) is 0. The molecule has 3 heteroatoms. The molecular formula is C12H21NO2. The van der Waals surface area contributed by atoms with E-state index in [9.17, 15) is 4.79 Å². The van der Waals surface area contributed by atoms with E-state index < -0.39 is 0 Å². The van der Waals surface area contributed by atoms with Crippen LogP contribution in [0, 0.1) is 23.7 Å². The van der Waals surface area contributed by atoms with Crippen LogP contribution < -0.4 is 0 Å². The maximum absolute atomic E-state index is 12.2. The second kappa shape index (κ2) is 4.12. The van der Waals surface area contributed by atoms with Gasteiger partial charge in [0.2, 0.25) is 5.91 Å². The van der Waals surface area contributed by atoms with Gasteiger partial charge in [-0.15, -0.1) is 0 Å². The molecule has 2 rings (SSSR count). The molecule has 1 heterocycles. The lowest BCUT2D eigenvalue weighted by atomic mass is 10.1. The molecule has 0 radical (unpaired) electrons. The highest BCUT2D eigenvalue weighted by molar-refractivity contribution is 5.82. The quantitative estimate of drug-likeness (QED) is 0.690. The summed E-state index contributed by atoms with van der Waals surface area (Å²) in [7, 11) is 0. The minimum atomic E-state index is 0.295. The Morgan fingerprint density at radius 2 is 1.93 bits per heavy atom. The highest BCUT2D eigenvalue weighted by Crippen LogP contribution is 2.51. The van der Waals surface area contributed by atoms with Gasteiger partial charge in [-0.3, -0.25) is 4.79 Å². The SMILES string of the molecule is CC(C)C1C(C)C1C(=O)N1CCOCC1. The van der Waals surface area contributed by atoms with Gasteiger partial charge in [0.05, 0.1) is 13.2 Å². The van der Waals surface area contributed by atoms with Gasteiger partial charge in [-0.05, 0) is 17.8 Å². The molecule has 2 aliphatic rings. The molecule has 86 valence electrons. The molecular weight excluding hydrogens is 190 g/mol. The van der Waals surface area contributed by atoms with Crippen LogP contribution in [0.1, 0.15) is 20.8 Å². The first kappa shape index (κ1) is 10.9. The monoisotopic (exact) mass is 211 g/mol. The van der Waals surface area contributed by atoms with Gasteiger partial charge in [-0.25, -0.2) is 0 Å². The van der Waals surface area contributed by atoms with Crippen molar-refractivity contribution in [3.8, 4) is 0 Å². The largest absolute Gasteiger partial charge is 0.378 e. The van der Waals surface area contributed by atoms with E-state index in [1.165, 1.54) is 0 Å². The highest BCUT2D eigenvalue weighted by atomic mass is 16.5. The second-order valence-electron chi connectivity index (χ2n) is 5.14. The first-order valence-corrected chi connectivity index (χ1v) is 5.99. The van der Waals surface area contributed by atoms with Crippen LogP contribution in [-0.4, -0.2) is 37.1 Å². The Labute approximate surface area is 91.8 Å². The molecule has 1 amide bonds. The highest BCUT2D eigenvalue weighted by Gasteiger charge is 2.53. The minimum absolute atomic E-state index is 0.295. The lowest BCUT2D eigenvalue weighted by molar-refractivity contribution is -0.137. The van der Waals surface area contributed by atoms with Crippen molar-refractivity contribution in [3.05, 3.63) is 0 Å². The fraction of sp³-hybridized carbons (Fsp3) is 0.917. The van der Waals surface area contributed by atoms with E-state index in [-0.39, 0.29) is 0 Å². The fourth-order valence-corrected chi connectivity index (χ4v) is 2.90. The molecule has 3 unspecified atom stereocenters. The summed E-state index contributed by atoms with van der Waals surface area (Å²) in [5.74, 6) is 2.49. The Hall–Kier alpha value is -0.570. The average molecular weight is 211 g/mol. The maximum atomic E-state index is 12.2. The zero-order valence-corrected chi connectivity index (χ0v) is 9.90. The van der Waals surface area contributed by atoms with Crippen LogP contribution in [-0.2, 0) is 9.53 Å². The Morgan fingerprint density at radius 3 is 2.40 bits per heavy atom. The topological polar surface area (TPSA) is 29.5 Å². The molecule has 1 aliphatic heterocycles. The molecule has 0 aromatic carbocycles. The number of morpholine rings is 1. The molecule has 0 N–H and O–H groups in total. The van der Waals surface area contributed by atoms with Gasteiger partial charge < -0.3 is 9.64 Å². The Bertz CT molecular complexity index is 246. The van der Waals surface area contributed by atoms with Crippen LogP contribution in [0.3, 0.4) is 0 Å². The molecule has 1 aliphatic carbocycles. The van der Waals surface area contributed by atoms with Gasteiger partial charge in [-0.1, -0.05) is 20.8 Å². The molecule has 3 atom stereocenters. The van der Waals surface area contributed by atoms with Gasteiger partial charge in [0.15, 0.2) is 0 Å². The zero-order chi connectivity index (χ0) is 11.0. The van der Waals surface area contributed by atoms with E-state index in [1.54, 1.807) is 0 Å². The molecule has 1 saturated carbocycles. The van der Waals surface area contributed by atoms with Crippen molar-refractivity contribution < 1.29 is 9.53 Å².